The third-order valence-corrected chi connectivity index (χ3v) is 8.46. The van der Waals surface area contributed by atoms with Gasteiger partial charge in [0.1, 0.15) is 11.6 Å². The van der Waals surface area contributed by atoms with E-state index in [1.54, 1.807) is 6.08 Å². The van der Waals surface area contributed by atoms with E-state index in [0.29, 0.717) is 17.4 Å². The zero-order chi connectivity index (χ0) is 24.4. The van der Waals surface area contributed by atoms with E-state index in [0.717, 1.165) is 64.6 Å². The lowest BCUT2D eigenvalue weighted by Gasteiger charge is -2.45. The quantitative estimate of drug-likeness (QED) is 0.606. The molecule has 1 spiro atoms. The fraction of sp³-hybridized carbons (Fsp3) is 0.467. The molecule has 2 saturated heterocycles. The number of aliphatic hydroxyl groups excluding tert-OH is 1. The maximum atomic E-state index is 13.3. The lowest BCUT2D eigenvalue weighted by Crippen LogP contribution is -2.50. The van der Waals surface area contributed by atoms with E-state index in [9.17, 15) is 13.9 Å². The Morgan fingerprint density at radius 1 is 1.06 bits per heavy atom. The Kier molecular flexibility index (Phi) is 7.19. The highest BCUT2D eigenvalue weighted by Gasteiger charge is 2.43. The van der Waals surface area contributed by atoms with Gasteiger partial charge in [0.15, 0.2) is 0 Å². The topological polar surface area (TPSA) is 26.7 Å². The van der Waals surface area contributed by atoms with Crippen molar-refractivity contribution in [2.45, 2.75) is 37.7 Å². The Morgan fingerprint density at radius 2 is 1.80 bits per heavy atom. The molecule has 3 atom stereocenters. The van der Waals surface area contributed by atoms with Crippen LogP contribution in [0.3, 0.4) is 0 Å². The molecule has 5 rings (SSSR count). The number of hydrogen-bond acceptors (Lipinski definition) is 3. The smallest absolute Gasteiger partial charge is 0.126 e. The average Bonchev–Trinajstić information content (AvgIpc) is 3.21. The first-order chi connectivity index (χ1) is 16.9. The van der Waals surface area contributed by atoms with Crippen LogP contribution in [0.2, 0.25) is 0 Å². The number of halogens is 2. The highest BCUT2D eigenvalue weighted by Crippen LogP contribution is 2.46. The van der Waals surface area contributed by atoms with Crippen molar-refractivity contribution >= 4 is 12.2 Å². The molecule has 2 aromatic rings. The molecule has 35 heavy (non-hydrogen) atoms. The van der Waals surface area contributed by atoms with Crippen LogP contribution in [-0.4, -0.2) is 60.3 Å². The van der Waals surface area contributed by atoms with Gasteiger partial charge in [0.25, 0.3) is 0 Å². The Balaban J connectivity index is 1.08. The summed E-state index contributed by atoms with van der Waals surface area (Å²) in [6, 6.07) is 12.3. The summed E-state index contributed by atoms with van der Waals surface area (Å²) in [4.78, 5) is 4.80. The molecule has 0 aromatic heterocycles. The van der Waals surface area contributed by atoms with Crippen molar-refractivity contribution in [1.29, 1.82) is 0 Å². The predicted molar refractivity (Wildman–Crippen MR) is 138 cm³/mol. The summed E-state index contributed by atoms with van der Waals surface area (Å²) < 4.78 is 26.7. The molecule has 0 saturated carbocycles. The van der Waals surface area contributed by atoms with E-state index in [2.05, 4.69) is 53.1 Å². The third-order valence-electron chi connectivity index (χ3n) is 8.46. The van der Waals surface area contributed by atoms with Crippen LogP contribution in [-0.2, 0) is 5.41 Å². The Hall–Kier alpha value is -2.34. The van der Waals surface area contributed by atoms with Crippen molar-refractivity contribution < 1.29 is 13.9 Å². The average molecular weight is 479 g/mol. The number of allylic oxidation sites excluding steroid dienone is 1. The first kappa shape index (κ1) is 24.4. The molecule has 2 heterocycles. The number of rotatable bonds is 6. The summed E-state index contributed by atoms with van der Waals surface area (Å²) >= 11 is 0. The van der Waals surface area contributed by atoms with Gasteiger partial charge in [-0.2, -0.15) is 0 Å². The minimum absolute atomic E-state index is 0.147. The number of hydrogen-bond donors (Lipinski definition) is 1. The number of benzene rings is 2. The summed E-state index contributed by atoms with van der Waals surface area (Å²) in [6.07, 6.45) is 11.2. The van der Waals surface area contributed by atoms with Crippen LogP contribution < -0.4 is 0 Å². The van der Waals surface area contributed by atoms with E-state index in [-0.39, 0.29) is 11.5 Å². The van der Waals surface area contributed by atoms with Gasteiger partial charge in [-0.3, -0.25) is 4.90 Å². The largest absolute Gasteiger partial charge is 0.392 e. The second-order valence-electron chi connectivity index (χ2n) is 10.7. The van der Waals surface area contributed by atoms with Gasteiger partial charge in [-0.05, 0) is 79.6 Å². The molecule has 0 bridgehead atoms. The van der Waals surface area contributed by atoms with E-state index in [1.807, 2.05) is 6.08 Å². The Bertz CT molecular complexity index is 1070. The number of β-amino-alcohol motifs (C(OH)–C–C–N with tert-alkyl or cyclic N) is 1. The van der Waals surface area contributed by atoms with Gasteiger partial charge in [-0.25, -0.2) is 8.78 Å². The number of aliphatic hydroxyl groups is 1. The molecular formula is C30H36F2N2O. The highest BCUT2D eigenvalue weighted by atomic mass is 19.1. The number of fused-ring (bicyclic) bond motifs is 2. The molecule has 2 aromatic carbocycles. The molecule has 2 aliphatic heterocycles. The standard InChI is InChI=1S/C30H36F2N2O/c1-22-20-34(16-12-30(22)11-8-24-6-2-3-7-28(24)30)21-29(35)25-9-14-33(15-10-25)13-4-5-23-17-26(31)19-27(32)18-23/h2-8,11,17-19,22,25,29,35H,9-10,12-16,20-21H2,1H3/b5-4+/t22-,29?,30-/m1/s1. The molecule has 2 fully saturated rings. The van der Waals surface area contributed by atoms with Crippen LogP contribution in [0.5, 0.6) is 0 Å². The molecule has 186 valence electrons. The van der Waals surface area contributed by atoms with Gasteiger partial charge >= 0.3 is 0 Å². The summed E-state index contributed by atoms with van der Waals surface area (Å²) in [5.41, 5.74) is 3.52. The van der Waals surface area contributed by atoms with E-state index in [1.165, 1.54) is 23.3 Å². The lowest BCUT2D eigenvalue weighted by atomic mass is 9.68. The fourth-order valence-corrected chi connectivity index (χ4v) is 6.38. The Labute approximate surface area is 207 Å². The first-order valence-corrected chi connectivity index (χ1v) is 13.0. The number of piperidine rings is 2. The monoisotopic (exact) mass is 478 g/mol. The fourth-order valence-electron chi connectivity index (χ4n) is 6.38. The van der Waals surface area contributed by atoms with E-state index in [4.69, 9.17) is 0 Å². The van der Waals surface area contributed by atoms with Crippen LogP contribution in [0.4, 0.5) is 8.78 Å². The zero-order valence-corrected chi connectivity index (χ0v) is 20.5. The molecular weight excluding hydrogens is 442 g/mol. The maximum absolute atomic E-state index is 13.3. The van der Waals surface area contributed by atoms with Crippen LogP contribution in [0.15, 0.2) is 54.6 Å². The third kappa shape index (κ3) is 5.28. The molecule has 5 heteroatoms. The van der Waals surface area contributed by atoms with Crippen LogP contribution in [0.1, 0.15) is 42.9 Å². The first-order valence-electron chi connectivity index (χ1n) is 13.0. The summed E-state index contributed by atoms with van der Waals surface area (Å²) in [5.74, 6) is -0.265. The Morgan fingerprint density at radius 3 is 2.54 bits per heavy atom. The highest BCUT2D eigenvalue weighted by molar-refractivity contribution is 5.65. The molecule has 1 N–H and O–H groups in total. The van der Waals surface area contributed by atoms with E-state index < -0.39 is 11.6 Å². The van der Waals surface area contributed by atoms with Crippen molar-refractivity contribution in [3.63, 3.8) is 0 Å². The molecule has 1 aliphatic carbocycles. The predicted octanol–water partition coefficient (Wildman–Crippen LogP) is 5.36. The van der Waals surface area contributed by atoms with Gasteiger partial charge in [0.05, 0.1) is 6.10 Å². The summed E-state index contributed by atoms with van der Waals surface area (Å²) in [7, 11) is 0. The molecule has 0 amide bonds. The van der Waals surface area contributed by atoms with E-state index >= 15 is 0 Å². The van der Waals surface area contributed by atoms with Crippen molar-refractivity contribution in [3.05, 3.63) is 82.9 Å². The summed E-state index contributed by atoms with van der Waals surface area (Å²) in [5, 5.41) is 11.0. The van der Waals surface area contributed by atoms with Crippen molar-refractivity contribution in [3.8, 4) is 0 Å². The van der Waals surface area contributed by atoms with Gasteiger partial charge in [-0.1, -0.05) is 55.5 Å². The molecule has 3 nitrogen and oxygen atoms in total. The van der Waals surface area contributed by atoms with Gasteiger partial charge in [0.2, 0.25) is 0 Å². The van der Waals surface area contributed by atoms with Crippen LogP contribution in [0, 0.1) is 23.5 Å². The second kappa shape index (κ2) is 10.3. The summed E-state index contributed by atoms with van der Waals surface area (Å²) in [6.45, 7) is 7.76. The SMILES string of the molecule is C[C@@H]1CN(CC(O)C2CCN(C/C=C/c3cc(F)cc(F)c3)CC2)CC[C@]12C=Cc1ccccc12. The molecule has 1 unspecified atom stereocenters. The minimum Gasteiger partial charge on any atom is -0.392 e. The van der Waals surface area contributed by atoms with Gasteiger partial charge in [-0.15, -0.1) is 0 Å². The zero-order valence-electron chi connectivity index (χ0n) is 20.5. The number of likely N-dealkylation sites (tertiary alicyclic amines) is 2. The normalized spacial score (nSPS) is 26.6. The van der Waals surface area contributed by atoms with Crippen molar-refractivity contribution in [2.24, 2.45) is 11.8 Å². The molecule has 3 aliphatic rings. The van der Waals surface area contributed by atoms with Gasteiger partial charge in [0, 0.05) is 31.1 Å². The van der Waals surface area contributed by atoms with Gasteiger partial charge < -0.3 is 10.0 Å². The van der Waals surface area contributed by atoms with Crippen LogP contribution >= 0.6 is 0 Å². The maximum Gasteiger partial charge on any atom is 0.126 e. The lowest BCUT2D eigenvalue weighted by molar-refractivity contribution is 0.0154. The second-order valence-corrected chi connectivity index (χ2v) is 10.7. The minimum atomic E-state index is -0.553. The van der Waals surface area contributed by atoms with Crippen LogP contribution in [0.25, 0.3) is 12.2 Å². The molecule has 0 radical (unpaired) electrons. The van der Waals surface area contributed by atoms with Crippen molar-refractivity contribution in [2.75, 3.05) is 39.3 Å². The number of nitrogens with zero attached hydrogens (tertiary/aromatic N) is 2. The van der Waals surface area contributed by atoms with Crippen molar-refractivity contribution in [1.82, 2.24) is 9.80 Å².